The fourth-order valence-corrected chi connectivity index (χ4v) is 4.32. The minimum atomic E-state index is 0.156. The third-order valence-corrected chi connectivity index (χ3v) is 5.77. The average molecular weight is 364 g/mol. The van der Waals surface area contributed by atoms with Crippen LogP contribution in [-0.4, -0.2) is 57.9 Å². The molecule has 1 atom stereocenters. The van der Waals surface area contributed by atoms with Crippen molar-refractivity contribution >= 4 is 5.91 Å². The highest BCUT2D eigenvalue weighted by Crippen LogP contribution is 2.23. The molecule has 5 heteroatoms. The average Bonchev–Trinajstić information content (AvgIpc) is 3.03. The second-order valence-electron chi connectivity index (χ2n) is 7.66. The molecule has 2 aromatic rings. The molecule has 142 valence electrons. The van der Waals surface area contributed by atoms with Crippen molar-refractivity contribution in [3.63, 3.8) is 0 Å². The van der Waals surface area contributed by atoms with E-state index in [0.717, 1.165) is 60.8 Å². The lowest BCUT2D eigenvalue weighted by molar-refractivity contribution is 0.0743. The van der Waals surface area contributed by atoms with Crippen molar-refractivity contribution in [1.29, 1.82) is 0 Å². The van der Waals surface area contributed by atoms with Gasteiger partial charge in [-0.15, -0.1) is 0 Å². The lowest BCUT2D eigenvalue weighted by Gasteiger charge is -2.25. The zero-order valence-electron chi connectivity index (χ0n) is 16.3. The van der Waals surface area contributed by atoms with Crippen LogP contribution in [0.25, 0.3) is 11.3 Å². The Balaban J connectivity index is 1.51. The van der Waals surface area contributed by atoms with Gasteiger partial charge in [-0.25, -0.2) is 9.97 Å². The summed E-state index contributed by atoms with van der Waals surface area (Å²) in [5, 5.41) is 0. The maximum Gasteiger partial charge on any atom is 0.253 e. The van der Waals surface area contributed by atoms with Gasteiger partial charge in [0.1, 0.15) is 5.82 Å². The number of hydrogen-bond acceptors (Lipinski definition) is 4. The highest BCUT2D eigenvalue weighted by Gasteiger charge is 2.30. The Kier molecular flexibility index (Phi) is 5.21. The summed E-state index contributed by atoms with van der Waals surface area (Å²) in [6.45, 7) is 8.07. The number of hydrogen-bond donors (Lipinski definition) is 0. The Labute approximate surface area is 161 Å². The zero-order chi connectivity index (χ0) is 18.8. The van der Waals surface area contributed by atoms with Gasteiger partial charge in [0.2, 0.25) is 0 Å². The maximum atomic E-state index is 13.0. The molecule has 2 aliphatic heterocycles. The molecule has 0 spiro atoms. The number of fused-ring (bicyclic) bond motifs is 1. The Morgan fingerprint density at radius 3 is 2.67 bits per heavy atom. The summed E-state index contributed by atoms with van der Waals surface area (Å²) in [5.41, 5.74) is 3.77. The van der Waals surface area contributed by atoms with Crippen LogP contribution in [0.2, 0.25) is 0 Å². The Morgan fingerprint density at radius 1 is 1.11 bits per heavy atom. The van der Waals surface area contributed by atoms with Gasteiger partial charge in [-0.2, -0.15) is 0 Å². The van der Waals surface area contributed by atoms with Gasteiger partial charge in [0.25, 0.3) is 5.91 Å². The first-order valence-electron chi connectivity index (χ1n) is 10.1. The Morgan fingerprint density at radius 2 is 1.89 bits per heavy atom. The molecule has 5 nitrogen and oxygen atoms in total. The summed E-state index contributed by atoms with van der Waals surface area (Å²) in [5.74, 6) is 0.943. The molecule has 1 aromatic carbocycles. The fraction of sp³-hybridized carbons (Fsp3) is 0.500. The second-order valence-corrected chi connectivity index (χ2v) is 7.66. The van der Waals surface area contributed by atoms with Gasteiger partial charge in [-0.3, -0.25) is 9.69 Å². The monoisotopic (exact) mass is 364 g/mol. The fourth-order valence-electron chi connectivity index (χ4n) is 4.32. The van der Waals surface area contributed by atoms with Gasteiger partial charge < -0.3 is 4.90 Å². The van der Waals surface area contributed by atoms with Crippen LogP contribution in [0, 0.1) is 6.92 Å². The summed E-state index contributed by atoms with van der Waals surface area (Å²) in [6, 6.07) is 10.5. The molecule has 3 heterocycles. The van der Waals surface area contributed by atoms with E-state index in [-0.39, 0.29) is 5.91 Å². The number of carbonyl (C=O) groups is 1. The first kappa shape index (κ1) is 18.1. The SMILES string of the molecule is CCc1cc(-c2ccc(C(=O)N3CCCN4CCC[C@H]4C3)cc2)nc(C)n1. The molecule has 0 radical (unpaired) electrons. The van der Waals surface area contributed by atoms with Gasteiger partial charge in [-0.1, -0.05) is 19.1 Å². The summed E-state index contributed by atoms with van der Waals surface area (Å²) >= 11 is 0. The second kappa shape index (κ2) is 7.77. The molecule has 0 aliphatic carbocycles. The Bertz CT molecular complexity index is 818. The maximum absolute atomic E-state index is 13.0. The van der Waals surface area contributed by atoms with E-state index < -0.39 is 0 Å². The standard InChI is InChI=1S/C22H28N4O/c1-3-19-14-21(24-16(2)23-19)17-7-9-18(10-8-17)22(27)26-13-5-12-25-11-4-6-20(25)15-26/h7-10,14,20H,3-6,11-13,15H2,1-2H3/t20-/m0/s1. The molecule has 1 aromatic heterocycles. The molecule has 1 amide bonds. The van der Waals surface area contributed by atoms with Crippen LogP contribution in [-0.2, 0) is 6.42 Å². The number of carbonyl (C=O) groups excluding carboxylic acids is 1. The van der Waals surface area contributed by atoms with Gasteiger partial charge in [0, 0.05) is 42.5 Å². The van der Waals surface area contributed by atoms with Crippen molar-refractivity contribution in [2.75, 3.05) is 26.2 Å². The molecule has 27 heavy (non-hydrogen) atoms. The van der Waals surface area contributed by atoms with Gasteiger partial charge in [0.05, 0.1) is 5.69 Å². The van der Waals surface area contributed by atoms with Gasteiger partial charge in [0.15, 0.2) is 0 Å². The van der Waals surface area contributed by atoms with E-state index in [1.165, 1.54) is 19.4 Å². The van der Waals surface area contributed by atoms with E-state index >= 15 is 0 Å². The van der Waals surface area contributed by atoms with Crippen molar-refractivity contribution in [2.24, 2.45) is 0 Å². The van der Waals surface area contributed by atoms with Crippen molar-refractivity contribution in [3.05, 3.63) is 47.4 Å². The summed E-state index contributed by atoms with van der Waals surface area (Å²) < 4.78 is 0. The third-order valence-electron chi connectivity index (χ3n) is 5.77. The van der Waals surface area contributed by atoms with E-state index in [0.29, 0.717) is 6.04 Å². The molecule has 0 bridgehead atoms. The van der Waals surface area contributed by atoms with Crippen LogP contribution >= 0.6 is 0 Å². The highest BCUT2D eigenvalue weighted by molar-refractivity contribution is 5.94. The smallest absolute Gasteiger partial charge is 0.253 e. The lowest BCUT2D eigenvalue weighted by Crippen LogP contribution is -2.39. The quantitative estimate of drug-likeness (QED) is 0.838. The van der Waals surface area contributed by atoms with Crippen molar-refractivity contribution in [2.45, 2.75) is 45.6 Å². The molecule has 4 rings (SSSR count). The van der Waals surface area contributed by atoms with Crippen LogP contribution in [0.5, 0.6) is 0 Å². The minimum absolute atomic E-state index is 0.156. The molecule has 2 aliphatic rings. The molecule has 0 unspecified atom stereocenters. The normalized spacial score (nSPS) is 20.4. The van der Waals surface area contributed by atoms with E-state index in [4.69, 9.17) is 0 Å². The Hall–Kier alpha value is -2.27. The first-order chi connectivity index (χ1) is 13.1. The van der Waals surface area contributed by atoms with Crippen molar-refractivity contribution in [3.8, 4) is 11.3 Å². The van der Waals surface area contributed by atoms with Crippen LogP contribution in [0.1, 0.15) is 48.1 Å². The molecule has 0 saturated carbocycles. The van der Waals surface area contributed by atoms with E-state index in [1.807, 2.05) is 37.3 Å². The number of nitrogens with zero attached hydrogens (tertiary/aromatic N) is 4. The van der Waals surface area contributed by atoms with Crippen LogP contribution < -0.4 is 0 Å². The van der Waals surface area contributed by atoms with Gasteiger partial charge in [-0.05, 0) is 57.4 Å². The molecule has 0 N–H and O–H groups in total. The highest BCUT2D eigenvalue weighted by atomic mass is 16.2. The van der Waals surface area contributed by atoms with E-state index in [1.54, 1.807) is 0 Å². The topological polar surface area (TPSA) is 49.3 Å². The summed E-state index contributed by atoms with van der Waals surface area (Å²) in [7, 11) is 0. The number of benzene rings is 1. The predicted molar refractivity (Wildman–Crippen MR) is 107 cm³/mol. The van der Waals surface area contributed by atoms with E-state index in [9.17, 15) is 4.79 Å². The molecular weight excluding hydrogens is 336 g/mol. The van der Waals surface area contributed by atoms with Gasteiger partial charge >= 0.3 is 0 Å². The molecule has 2 fully saturated rings. The molecular formula is C22H28N4O. The zero-order valence-corrected chi connectivity index (χ0v) is 16.3. The van der Waals surface area contributed by atoms with Crippen molar-refractivity contribution in [1.82, 2.24) is 19.8 Å². The number of aryl methyl sites for hydroxylation is 2. The number of amides is 1. The number of rotatable bonds is 3. The van der Waals surface area contributed by atoms with Crippen LogP contribution in [0.3, 0.4) is 0 Å². The number of aromatic nitrogens is 2. The van der Waals surface area contributed by atoms with Crippen LogP contribution in [0.4, 0.5) is 0 Å². The largest absolute Gasteiger partial charge is 0.337 e. The summed E-state index contributed by atoms with van der Waals surface area (Å²) in [6.07, 6.45) is 4.44. The first-order valence-corrected chi connectivity index (χ1v) is 10.1. The third kappa shape index (κ3) is 3.88. The van der Waals surface area contributed by atoms with Crippen LogP contribution in [0.15, 0.2) is 30.3 Å². The van der Waals surface area contributed by atoms with Crippen molar-refractivity contribution < 1.29 is 4.79 Å². The summed E-state index contributed by atoms with van der Waals surface area (Å²) in [4.78, 5) is 26.6. The van der Waals surface area contributed by atoms with E-state index in [2.05, 4.69) is 26.7 Å². The predicted octanol–water partition coefficient (Wildman–Crippen LogP) is 3.32. The minimum Gasteiger partial charge on any atom is -0.337 e. The molecule has 2 saturated heterocycles. The lowest BCUT2D eigenvalue weighted by atomic mass is 10.1.